The molecule has 4 nitrogen and oxygen atoms in total. The predicted molar refractivity (Wildman–Crippen MR) is 74.3 cm³/mol. The third kappa shape index (κ3) is 2.88. The second-order valence-corrected chi connectivity index (χ2v) is 4.57. The van der Waals surface area contributed by atoms with Crippen LogP contribution in [0.3, 0.4) is 0 Å². The average Bonchev–Trinajstić information content (AvgIpc) is 2.41. The van der Waals surface area contributed by atoms with Crippen molar-refractivity contribution in [2.75, 3.05) is 37.4 Å². The zero-order chi connectivity index (χ0) is 13.0. The van der Waals surface area contributed by atoms with Gasteiger partial charge in [-0.3, -0.25) is 0 Å². The van der Waals surface area contributed by atoms with E-state index < -0.39 is 0 Å². The summed E-state index contributed by atoms with van der Waals surface area (Å²) in [4.78, 5) is 2.36. The molecule has 1 saturated heterocycles. The van der Waals surface area contributed by atoms with Crippen molar-refractivity contribution in [2.45, 2.75) is 25.9 Å². The van der Waals surface area contributed by atoms with Gasteiger partial charge in [0.1, 0.15) is 5.75 Å². The number of benzene rings is 1. The van der Waals surface area contributed by atoms with Crippen LogP contribution in [-0.2, 0) is 4.74 Å². The second kappa shape index (κ2) is 5.96. The summed E-state index contributed by atoms with van der Waals surface area (Å²) >= 11 is 0. The molecule has 1 heterocycles. The van der Waals surface area contributed by atoms with Gasteiger partial charge in [-0.1, -0.05) is 0 Å². The highest BCUT2D eigenvalue weighted by Crippen LogP contribution is 2.29. The van der Waals surface area contributed by atoms with Gasteiger partial charge in [0.05, 0.1) is 18.9 Å². The molecule has 18 heavy (non-hydrogen) atoms. The lowest BCUT2D eigenvalue weighted by Crippen LogP contribution is -2.37. The van der Waals surface area contributed by atoms with Gasteiger partial charge >= 0.3 is 0 Å². The Hall–Kier alpha value is -1.42. The third-order valence-electron chi connectivity index (χ3n) is 3.43. The van der Waals surface area contributed by atoms with E-state index in [1.165, 1.54) is 5.69 Å². The molecule has 1 aromatic rings. The third-order valence-corrected chi connectivity index (χ3v) is 3.43. The molecule has 4 heteroatoms. The van der Waals surface area contributed by atoms with Crippen molar-refractivity contribution >= 4 is 11.4 Å². The highest BCUT2D eigenvalue weighted by atomic mass is 16.5. The standard InChI is InChI=1S/C14H22N2O2/c1-3-18-12-6-8-16(9-7-12)11-4-5-13(15)14(10-11)17-2/h4-5,10,12H,3,6-9,15H2,1-2H3. The first-order valence-corrected chi connectivity index (χ1v) is 6.54. The molecule has 0 amide bonds. The van der Waals surface area contributed by atoms with Crippen molar-refractivity contribution in [3.8, 4) is 5.75 Å². The fourth-order valence-corrected chi connectivity index (χ4v) is 2.41. The Morgan fingerprint density at radius 3 is 2.67 bits per heavy atom. The topological polar surface area (TPSA) is 47.7 Å². The lowest BCUT2D eigenvalue weighted by Gasteiger charge is -2.33. The van der Waals surface area contributed by atoms with E-state index in [0.29, 0.717) is 11.8 Å². The highest BCUT2D eigenvalue weighted by molar-refractivity contribution is 5.62. The monoisotopic (exact) mass is 250 g/mol. The number of ether oxygens (including phenoxy) is 2. The van der Waals surface area contributed by atoms with Crippen molar-refractivity contribution in [3.05, 3.63) is 18.2 Å². The SMILES string of the molecule is CCOC1CCN(c2ccc(N)c(OC)c2)CC1. The second-order valence-electron chi connectivity index (χ2n) is 4.57. The maximum absolute atomic E-state index is 5.83. The van der Waals surface area contributed by atoms with E-state index in [-0.39, 0.29) is 0 Å². The van der Waals surface area contributed by atoms with Crippen LogP contribution in [0.1, 0.15) is 19.8 Å². The fourth-order valence-electron chi connectivity index (χ4n) is 2.41. The van der Waals surface area contributed by atoms with E-state index in [1.54, 1.807) is 7.11 Å². The van der Waals surface area contributed by atoms with Crippen molar-refractivity contribution in [2.24, 2.45) is 0 Å². The maximum Gasteiger partial charge on any atom is 0.143 e. The lowest BCUT2D eigenvalue weighted by molar-refractivity contribution is 0.0459. The number of nitrogens with zero attached hydrogens (tertiary/aromatic N) is 1. The van der Waals surface area contributed by atoms with Crippen molar-refractivity contribution in [1.29, 1.82) is 0 Å². The van der Waals surface area contributed by atoms with Crippen LogP contribution in [0.15, 0.2) is 18.2 Å². The van der Waals surface area contributed by atoms with Crippen LogP contribution in [0, 0.1) is 0 Å². The van der Waals surface area contributed by atoms with E-state index in [9.17, 15) is 0 Å². The molecule has 2 N–H and O–H groups in total. The Kier molecular flexibility index (Phi) is 4.31. The molecule has 2 rings (SSSR count). The summed E-state index contributed by atoms with van der Waals surface area (Å²) in [6.45, 7) is 4.91. The summed E-state index contributed by atoms with van der Waals surface area (Å²) in [5, 5.41) is 0. The van der Waals surface area contributed by atoms with Gasteiger partial charge in [-0.2, -0.15) is 0 Å². The molecule has 100 valence electrons. The van der Waals surface area contributed by atoms with Gasteiger partial charge in [-0.05, 0) is 31.9 Å². The Labute approximate surface area is 109 Å². The largest absolute Gasteiger partial charge is 0.495 e. The number of hydrogen-bond donors (Lipinski definition) is 1. The molecule has 0 aromatic heterocycles. The van der Waals surface area contributed by atoms with Gasteiger partial charge in [0, 0.05) is 31.5 Å². The number of methoxy groups -OCH3 is 1. The molecule has 1 aliphatic rings. The average molecular weight is 250 g/mol. The molecule has 0 bridgehead atoms. The Morgan fingerprint density at radius 1 is 1.33 bits per heavy atom. The van der Waals surface area contributed by atoms with Gasteiger partial charge in [0.15, 0.2) is 0 Å². The van der Waals surface area contributed by atoms with Crippen LogP contribution in [-0.4, -0.2) is 32.9 Å². The van der Waals surface area contributed by atoms with Crippen LogP contribution in [0.4, 0.5) is 11.4 Å². The summed E-state index contributed by atoms with van der Waals surface area (Å²) in [6, 6.07) is 5.97. The molecule has 1 aliphatic heterocycles. The van der Waals surface area contributed by atoms with Crippen LogP contribution >= 0.6 is 0 Å². The zero-order valence-electron chi connectivity index (χ0n) is 11.2. The molecule has 0 saturated carbocycles. The molecule has 0 unspecified atom stereocenters. The van der Waals surface area contributed by atoms with Crippen molar-refractivity contribution < 1.29 is 9.47 Å². The van der Waals surface area contributed by atoms with Gasteiger partial charge in [-0.25, -0.2) is 0 Å². The van der Waals surface area contributed by atoms with Gasteiger partial charge < -0.3 is 20.1 Å². The fraction of sp³-hybridized carbons (Fsp3) is 0.571. The maximum atomic E-state index is 5.83. The summed E-state index contributed by atoms with van der Waals surface area (Å²) in [7, 11) is 1.65. The summed E-state index contributed by atoms with van der Waals surface area (Å²) in [5.74, 6) is 0.749. The quantitative estimate of drug-likeness (QED) is 0.833. The summed E-state index contributed by atoms with van der Waals surface area (Å²) < 4.78 is 10.9. The Morgan fingerprint density at radius 2 is 2.06 bits per heavy atom. The van der Waals surface area contributed by atoms with Crippen LogP contribution < -0.4 is 15.4 Å². The number of nitrogen functional groups attached to an aromatic ring is 1. The molecule has 0 atom stereocenters. The van der Waals surface area contributed by atoms with Crippen molar-refractivity contribution in [1.82, 2.24) is 0 Å². The highest BCUT2D eigenvalue weighted by Gasteiger charge is 2.19. The summed E-state index contributed by atoms with van der Waals surface area (Å²) in [6.07, 6.45) is 2.59. The number of nitrogens with two attached hydrogens (primary N) is 1. The van der Waals surface area contributed by atoms with Gasteiger partial charge in [0.2, 0.25) is 0 Å². The Bertz CT molecular complexity index is 387. The van der Waals surface area contributed by atoms with E-state index in [2.05, 4.69) is 17.9 Å². The first kappa shape index (κ1) is 13.0. The Balaban J connectivity index is 2.01. The van der Waals surface area contributed by atoms with E-state index >= 15 is 0 Å². The first-order chi connectivity index (χ1) is 8.74. The summed E-state index contributed by atoms with van der Waals surface area (Å²) in [5.41, 5.74) is 7.69. The van der Waals surface area contributed by atoms with Crippen LogP contribution in [0.5, 0.6) is 5.75 Å². The minimum Gasteiger partial charge on any atom is -0.495 e. The van der Waals surface area contributed by atoms with E-state index in [0.717, 1.165) is 38.3 Å². The minimum atomic E-state index is 0.418. The normalized spacial score (nSPS) is 16.9. The van der Waals surface area contributed by atoms with Gasteiger partial charge in [-0.15, -0.1) is 0 Å². The van der Waals surface area contributed by atoms with Crippen LogP contribution in [0.2, 0.25) is 0 Å². The molecule has 0 radical (unpaired) electrons. The lowest BCUT2D eigenvalue weighted by atomic mass is 10.1. The molecule has 0 spiro atoms. The molecule has 0 aliphatic carbocycles. The predicted octanol–water partition coefficient (Wildman–Crippen LogP) is 2.28. The minimum absolute atomic E-state index is 0.418. The number of piperidine rings is 1. The molecule has 1 fully saturated rings. The van der Waals surface area contributed by atoms with Crippen LogP contribution in [0.25, 0.3) is 0 Å². The molecule has 1 aromatic carbocycles. The number of rotatable bonds is 4. The van der Waals surface area contributed by atoms with Crippen molar-refractivity contribution in [3.63, 3.8) is 0 Å². The van der Waals surface area contributed by atoms with E-state index in [4.69, 9.17) is 15.2 Å². The van der Waals surface area contributed by atoms with E-state index in [1.807, 2.05) is 12.1 Å². The first-order valence-electron chi connectivity index (χ1n) is 6.54. The zero-order valence-corrected chi connectivity index (χ0v) is 11.2. The van der Waals surface area contributed by atoms with Gasteiger partial charge in [0.25, 0.3) is 0 Å². The molecular weight excluding hydrogens is 228 g/mol. The number of anilines is 2. The molecular formula is C14H22N2O2. The number of hydrogen-bond acceptors (Lipinski definition) is 4. The smallest absolute Gasteiger partial charge is 0.143 e.